The van der Waals surface area contributed by atoms with Gasteiger partial charge in [0.1, 0.15) is 12.2 Å². The monoisotopic (exact) mass is 343 g/mol. The predicted octanol–water partition coefficient (Wildman–Crippen LogP) is 4.28. The molecule has 0 saturated heterocycles. The minimum Gasteiger partial charge on any atom is -0.444 e. The molecule has 1 amide bonds. The summed E-state index contributed by atoms with van der Waals surface area (Å²) < 4.78 is 5.24. The number of carbonyl (C=O) groups excluding carboxylic acids is 1. The van der Waals surface area contributed by atoms with Crippen molar-refractivity contribution in [2.24, 2.45) is 0 Å². The van der Waals surface area contributed by atoms with Crippen molar-refractivity contribution >= 4 is 6.09 Å². The molecule has 0 bridgehead atoms. The highest BCUT2D eigenvalue weighted by atomic mass is 17.1. The van der Waals surface area contributed by atoms with E-state index in [0.717, 1.165) is 16.7 Å². The minimum absolute atomic E-state index is 0.0142. The molecule has 0 radical (unpaired) electrons. The molecule has 5 heteroatoms. The average molecular weight is 343 g/mol. The van der Waals surface area contributed by atoms with Gasteiger partial charge in [-0.15, -0.1) is 0 Å². The molecule has 0 spiro atoms. The molecule has 5 nitrogen and oxygen atoms in total. The van der Waals surface area contributed by atoms with E-state index in [2.05, 4.69) is 22.3 Å². The summed E-state index contributed by atoms with van der Waals surface area (Å²) in [5.74, 6) is 0. The predicted molar refractivity (Wildman–Crippen MR) is 97.3 cm³/mol. The molecular weight excluding hydrogens is 318 g/mol. The van der Waals surface area contributed by atoms with Gasteiger partial charge >= 0.3 is 6.09 Å². The molecule has 25 heavy (non-hydrogen) atoms. The second-order valence-electron chi connectivity index (χ2n) is 6.91. The Labute approximate surface area is 148 Å². The van der Waals surface area contributed by atoms with Gasteiger partial charge in [0.25, 0.3) is 0 Å². The van der Waals surface area contributed by atoms with Gasteiger partial charge in [-0.1, -0.05) is 54.6 Å². The summed E-state index contributed by atoms with van der Waals surface area (Å²) in [6.45, 7) is 5.38. The lowest BCUT2D eigenvalue weighted by Crippen LogP contribution is -2.42. The lowest BCUT2D eigenvalue weighted by atomic mass is 10.0. The number of hydrogen-bond acceptors (Lipinski definition) is 4. The lowest BCUT2D eigenvalue weighted by molar-refractivity contribution is -0.246. The van der Waals surface area contributed by atoms with E-state index >= 15 is 0 Å². The van der Waals surface area contributed by atoms with Crippen molar-refractivity contribution in [3.8, 4) is 11.1 Å². The zero-order chi connectivity index (χ0) is 18.3. The van der Waals surface area contributed by atoms with E-state index in [1.807, 2.05) is 42.5 Å². The first-order valence-electron chi connectivity index (χ1n) is 8.27. The molecule has 1 atom stereocenters. The molecule has 2 aromatic carbocycles. The third kappa shape index (κ3) is 6.57. The fourth-order valence-corrected chi connectivity index (χ4v) is 2.46. The molecule has 2 rings (SSSR count). The maximum atomic E-state index is 11.9. The van der Waals surface area contributed by atoms with Crippen molar-refractivity contribution in [3.63, 3.8) is 0 Å². The van der Waals surface area contributed by atoms with E-state index < -0.39 is 11.7 Å². The second-order valence-corrected chi connectivity index (χ2v) is 6.91. The van der Waals surface area contributed by atoms with Crippen molar-refractivity contribution in [3.05, 3.63) is 60.2 Å². The van der Waals surface area contributed by atoms with Gasteiger partial charge in [0.15, 0.2) is 0 Å². The van der Waals surface area contributed by atoms with E-state index in [1.54, 1.807) is 20.8 Å². The minimum atomic E-state index is -0.577. The highest BCUT2D eigenvalue weighted by Gasteiger charge is 2.20. The Morgan fingerprint density at radius 2 is 1.64 bits per heavy atom. The Morgan fingerprint density at radius 3 is 2.20 bits per heavy atom. The molecule has 0 saturated carbocycles. The molecule has 0 fully saturated rings. The first kappa shape index (κ1) is 19.0. The highest BCUT2D eigenvalue weighted by molar-refractivity contribution is 5.68. The van der Waals surface area contributed by atoms with Crippen LogP contribution in [0.2, 0.25) is 0 Å². The molecule has 0 aliphatic carbocycles. The quantitative estimate of drug-likeness (QED) is 0.607. The van der Waals surface area contributed by atoms with Crippen molar-refractivity contribution in [1.29, 1.82) is 0 Å². The van der Waals surface area contributed by atoms with Gasteiger partial charge in [0.2, 0.25) is 0 Å². The maximum Gasteiger partial charge on any atom is 0.407 e. The molecule has 0 heterocycles. The molecule has 0 aliphatic heterocycles. The standard InChI is InChI=1S/C20H25NO4/c1-20(2,3)25-19(22)21-18(14-24-23)13-15-9-11-17(12-10-15)16-7-5-4-6-8-16/h4-12,18,23H,13-14H2,1-3H3,(H,21,22). The number of alkyl carbamates (subject to hydrolysis) is 1. The molecule has 2 aromatic rings. The van der Waals surface area contributed by atoms with Crippen molar-refractivity contribution < 1.29 is 19.7 Å². The lowest BCUT2D eigenvalue weighted by Gasteiger charge is -2.23. The van der Waals surface area contributed by atoms with Crippen LogP contribution in [-0.2, 0) is 16.0 Å². The number of ether oxygens (including phenoxy) is 1. The Kier molecular flexibility index (Phi) is 6.56. The summed E-state index contributed by atoms with van der Waals surface area (Å²) in [7, 11) is 0. The third-order valence-corrected chi connectivity index (χ3v) is 3.54. The fraction of sp³-hybridized carbons (Fsp3) is 0.350. The van der Waals surface area contributed by atoms with Gasteiger partial charge in [-0.2, -0.15) is 0 Å². The van der Waals surface area contributed by atoms with Crippen LogP contribution in [0.3, 0.4) is 0 Å². The number of nitrogens with one attached hydrogen (secondary N) is 1. The van der Waals surface area contributed by atoms with Gasteiger partial charge in [-0.25, -0.2) is 9.68 Å². The summed E-state index contributed by atoms with van der Waals surface area (Å²) in [6, 6.07) is 17.8. The molecule has 0 aliphatic rings. The first-order chi connectivity index (χ1) is 11.9. The smallest absolute Gasteiger partial charge is 0.407 e. The van der Waals surface area contributed by atoms with E-state index in [-0.39, 0.29) is 12.6 Å². The van der Waals surface area contributed by atoms with Crippen LogP contribution in [0.1, 0.15) is 26.3 Å². The van der Waals surface area contributed by atoms with E-state index in [1.165, 1.54) is 0 Å². The van der Waals surface area contributed by atoms with Crippen molar-refractivity contribution in [2.75, 3.05) is 6.61 Å². The van der Waals surface area contributed by atoms with Gasteiger partial charge < -0.3 is 10.1 Å². The van der Waals surface area contributed by atoms with Crippen molar-refractivity contribution in [2.45, 2.75) is 38.8 Å². The largest absolute Gasteiger partial charge is 0.444 e. The van der Waals surface area contributed by atoms with Gasteiger partial charge in [0, 0.05) is 0 Å². The van der Waals surface area contributed by atoms with Crippen LogP contribution >= 0.6 is 0 Å². The maximum absolute atomic E-state index is 11.9. The van der Waals surface area contributed by atoms with Crippen molar-refractivity contribution in [1.82, 2.24) is 5.32 Å². The SMILES string of the molecule is CC(C)(C)OC(=O)NC(COO)Cc1ccc(-c2ccccc2)cc1. The first-order valence-corrected chi connectivity index (χ1v) is 8.27. The van der Waals surface area contributed by atoms with Crippen LogP contribution in [0.25, 0.3) is 11.1 Å². The van der Waals surface area contributed by atoms with E-state index in [9.17, 15) is 4.79 Å². The molecule has 0 aromatic heterocycles. The van der Waals surface area contributed by atoms with E-state index in [0.29, 0.717) is 6.42 Å². The zero-order valence-corrected chi connectivity index (χ0v) is 14.9. The molecule has 134 valence electrons. The van der Waals surface area contributed by atoms with Crippen LogP contribution < -0.4 is 5.32 Å². The molecule has 2 N–H and O–H groups in total. The number of hydrogen-bond donors (Lipinski definition) is 2. The van der Waals surface area contributed by atoms with Crippen LogP contribution in [0.15, 0.2) is 54.6 Å². The van der Waals surface area contributed by atoms with Crippen LogP contribution in [0, 0.1) is 0 Å². The summed E-state index contributed by atoms with van der Waals surface area (Å²) >= 11 is 0. The highest BCUT2D eigenvalue weighted by Crippen LogP contribution is 2.19. The van der Waals surface area contributed by atoms with Crippen LogP contribution in [-0.4, -0.2) is 29.6 Å². The third-order valence-electron chi connectivity index (χ3n) is 3.54. The molecule has 1 unspecified atom stereocenters. The summed E-state index contributed by atoms with van der Waals surface area (Å²) in [5.41, 5.74) is 2.72. The fourth-order valence-electron chi connectivity index (χ4n) is 2.46. The average Bonchev–Trinajstić information content (AvgIpc) is 2.55. The summed E-state index contributed by atoms with van der Waals surface area (Å²) in [5, 5.41) is 11.5. The van der Waals surface area contributed by atoms with E-state index in [4.69, 9.17) is 9.99 Å². The van der Waals surface area contributed by atoms with Gasteiger partial charge in [-0.3, -0.25) is 5.26 Å². The normalized spacial score (nSPS) is 12.5. The second kappa shape index (κ2) is 8.65. The zero-order valence-electron chi connectivity index (χ0n) is 14.9. The Bertz CT molecular complexity index is 662. The Hall–Kier alpha value is -2.37. The Morgan fingerprint density at radius 1 is 1.04 bits per heavy atom. The number of amides is 1. The van der Waals surface area contributed by atoms with Crippen LogP contribution in [0.5, 0.6) is 0 Å². The number of rotatable bonds is 6. The number of benzene rings is 2. The topological polar surface area (TPSA) is 67.8 Å². The van der Waals surface area contributed by atoms with Crippen LogP contribution in [0.4, 0.5) is 4.79 Å². The summed E-state index contributed by atoms with van der Waals surface area (Å²) in [4.78, 5) is 16.1. The molecular formula is C20H25NO4. The number of carbonyl (C=O) groups is 1. The van der Waals surface area contributed by atoms with Gasteiger partial charge in [-0.05, 0) is 43.9 Å². The Balaban J connectivity index is 2.00. The summed E-state index contributed by atoms with van der Waals surface area (Å²) in [6.07, 6.45) is -0.00929. The van der Waals surface area contributed by atoms with Gasteiger partial charge in [0.05, 0.1) is 6.04 Å².